The molecule has 9 heteroatoms. The van der Waals surface area contributed by atoms with Crippen molar-refractivity contribution in [3.8, 4) is 0 Å². The minimum absolute atomic E-state index is 0.0163. The number of hydrogen-bond acceptors (Lipinski definition) is 5. The van der Waals surface area contributed by atoms with Crippen LogP contribution in [0.1, 0.15) is 40.0 Å². The summed E-state index contributed by atoms with van der Waals surface area (Å²) in [4.78, 5) is 31.9. The Kier molecular flexibility index (Phi) is 7.10. The zero-order valence-electron chi connectivity index (χ0n) is 18.9. The zero-order valence-corrected chi connectivity index (χ0v) is 18.9. The summed E-state index contributed by atoms with van der Waals surface area (Å²) in [5, 5.41) is 7.10. The molecule has 0 aromatic carbocycles. The third-order valence-corrected chi connectivity index (χ3v) is 6.63. The molecule has 0 aromatic heterocycles. The molecular weight excluding hydrogens is 386 g/mol. The highest BCUT2D eigenvalue weighted by Crippen LogP contribution is 2.52. The van der Waals surface area contributed by atoms with Gasteiger partial charge in [-0.3, -0.25) is 4.79 Å². The number of amides is 2. The van der Waals surface area contributed by atoms with Gasteiger partial charge in [0.15, 0.2) is 5.96 Å². The summed E-state index contributed by atoms with van der Waals surface area (Å²) < 4.78 is 11.0. The number of ether oxygens (including phenoxy) is 2. The van der Waals surface area contributed by atoms with E-state index in [1.165, 1.54) is 0 Å². The summed E-state index contributed by atoms with van der Waals surface area (Å²) in [5.41, 5.74) is 0.0163. The number of aliphatic imine (C=N–C) groups is 1. The maximum Gasteiger partial charge on any atom is 0.409 e. The second kappa shape index (κ2) is 9.41. The summed E-state index contributed by atoms with van der Waals surface area (Å²) in [5.74, 6) is 1.11. The van der Waals surface area contributed by atoms with E-state index in [2.05, 4.69) is 29.5 Å². The molecule has 1 aliphatic carbocycles. The average molecular weight is 424 g/mol. The Labute approximate surface area is 179 Å². The van der Waals surface area contributed by atoms with Crippen LogP contribution >= 0.6 is 0 Å². The molecule has 3 rings (SSSR count). The second-order valence-electron chi connectivity index (χ2n) is 9.24. The van der Waals surface area contributed by atoms with Crippen LogP contribution in [0.15, 0.2) is 4.99 Å². The maximum atomic E-state index is 12.1. The first-order valence-electron chi connectivity index (χ1n) is 11.0. The van der Waals surface area contributed by atoms with Gasteiger partial charge in [0.1, 0.15) is 6.54 Å². The SMILES string of the molecule is CCOC(=O)N1CCC(NC(=NCC(=O)N(C)C)NC2C3CCOC3C2(C)C)CC1. The van der Waals surface area contributed by atoms with Gasteiger partial charge in [-0.2, -0.15) is 0 Å². The van der Waals surface area contributed by atoms with E-state index in [4.69, 9.17) is 9.47 Å². The number of carbonyl (C=O) groups excluding carboxylic acids is 2. The third-order valence-electron chi connectivity index (χ3n) is 6.63. The number of hydrogen-bond donors (Lipinski definition) is 2. The van der Waals surface area contributed by atoms with Crippen molar-refractivity contribution in [1.82, 2.24) is 20.4 Å². The molecule has 2 heterocycles. The molecule has 2 N–H and O–H groups in total. The van der Waals surface area contributed by atoms with Gasteiger partial charge < -0.3 is 29.9 Å². The predicted molar refractivity (Wildman–Crippen MR) is 114 cm³/mol. The van der Waals surface area contributed by atoms with E-state index in [0.29, 0.717) is 31.6 Å². The van der Waals surface area contributed by atoms with Crippen LogP contribution in [-0.4, -0.2) is 92.9 Å². The summed E-state index contributed by atoms with van der Waals surface area (Å²) in [6.07, 6.45) is 2.71. The van der Waals surface area contributed by atoms with Crippen molar-refractivity contribution < 1.29 is 19.1 Å². The number of nitrogens with zero attached hydrogens (tertiary/aromatic N) is 3. The van der Waals surface area contributed by atoms with Gasteiger partial charge >= 0.3 is 6.09 Å². The minimum atomic E-state index is -0.247. The first kappa shape index (κ1) is 22.7. The van der Waals surface area contributed by atoms with Crippen molar-refractivity contribution >= 4 is 18.0 Å². The lowest BCUT2D eigenvalue weighted by molar-refractivity contribution is -0.127. The molecule has 2 saturated heterocycles. The zero-order chi connectivity index (χ0) is 21.9. The first-order valence-corrected chi connectivity index (χ1v) is 11.0. The van der Waals surface area contributed by atoms with Gasteiger partial charge in [-0.15, -0.1) is 0 Å². The average Bonchev–Trinajstić information content (AvgIpc) is 3.17. The fourth-order valence-electron chi connectivity index (χ4n) is 4.80. The molecule has 1 saturated carbocycles. The molecule has 3 fully saturated rings. The number of guanidine groups is 1. The second-order valence-corrected chi connectivity index (χ2v) is 9.24. The standard InChI is InChI=1S/C21H37N5O4/c1-6-29-20(28)26-10-7-14(8-11-26)23-19(22-13-16(27)25(4)5)24-17-15-9-12-30-18(15)21(17,2)3/h14-15,17-18H,6-13H2,1-5H3,(H2,22,23,24). The molecule has 9 nitrogen and oxygen atoms in total. The molecule has 0 spiro atoms. The topological polar surface area (TPSA) is 95.5 Å². The maximum absolute atomic E-state index is 12.1. The van der Waals surface area contributed by atoms with Crippen LogP contribution < -0.4 is 10.6 Å². The van der Waals surface area contributed by atoms with Crippen LogP contribution in [0.25, 0.3) is 0 Å². The van der Waals surface area contributed by atoms with Gasteiger partial charge in [-0.1, -0.05) is 13.8 Å². The van der Waals surface area contributed by atoms with Crippen molar-refractivity contribution in [3.05, 3.63) is 0 Å². The van der Waals surface area contributed by atoms with Gasteiger partial charge in [-0.25, -0.2) is 9.79 Å². The number of nitrogens with one attached hydrogen (secondary N) is 2. The molecule has 3 unspecified atom stereocenters. The summed E-state index contributed by atoms with van der Waals surface area (Å²) >= 11 is 0. The molecule has 3 atom stereocenters. The highest BCUT2D eigenvalue weighted by molar-refractivity contribution is 5.85. The van der Waals surface area contributed by atoms with Crippen LogP contribution in [0.2, 0.25) is 0 Å². The molecule has 2 amide bonds. The Morgan fingerprint density at radius 3 is 2.53 bits per heavy atom. The molecule has 3 aliphatic rings. The monoisotopic (exact) mass is 423 g/mol. The molecule has 0 aromatic rings. The third kappa shape index (κ3) is 4.82. The smallest absolute Gasteiger partial charge is 0.409 e. The van der Waals surface area contributed by atoms with Gasteiger partial charge in [0.25, 0.3) is 0 Å². The largest absolute Gasteiger partial charge is 0.450 e. The normalized spacial score (nSPS) is 28.4. The molecule has 170 valence electrons. The van der Waals surface area contributed by atoms with E-state index in [0.717, 1.165) is 25.9 Å². The summed E-state index contributed by atoms with van der Waals surface area (Å²) in [7, 11) is 3.47. The van der Waals surface area contributed by atoms with Crippen LogP contribution in [0.3, 0.4) is 0 Å². The van der Waals surface area contributed by atoms with E-state index in [1.54, 1.807) is 23.9 Å². The van der Waals surface area contributed by atoms with Gasteiger partial charge in [0.2, 0.25) is 5.91 Å². The van der Waals surface area contributed by atoms with Crippen molar-refractivity contribution in [2.45, 2.75) is 58.2 Å². The van der Waals surface area contributed by atoms with Crippen molar-refractivity contribution in [1.29, 1.82) is 0 Å². The fraction of sp³-hybridized carbons (Fsp3) is 0.857. The van der Waals surface area contributed by atoms with Crippen molar-refractivity contribution in [2.24, 2.45) is 16.3 Å². The molecule has 2 aliphatic heterocycles. The Balaban J connectivity index is 1.62. The Bertz CT molecular complexity index is 658. The molecule has 30 heavy (non-hydrogen) atoms. The number of carbonyl (C=O) groups is 2. The Morgan fingerprint density at radius 2 is 1.90 bits per heavy atom. The molecule has 0 bridgehead atoms. The molecule has 0 radical (unpaired) electrons. The highest BCUT2D eigenvalue weighted by Gasteiger charge is 2.59. The van der Waals surface area contributed by atoms with E-state index >= 15 is 0 Å². The number of likely N-dealkylation sites (N-methyl/N-ethyl adjacent to an activating group) is 1. The number of fused-ring (bicyclic) bond motifs is 1. The predicted octanol–water partition coefficient (Wildman–Crippen LogP) is 1.04. The van der Waals surface area contributed by atoms with E-state index in [-0.39, 0.29) is 42.1 Å². The lowest BCUT2D eigenvalue weighted by atomic mass is 9.57. The van der Waals surface area contributed by atoms with Crippen LogP contribution in [0, 0.1) is 11.3 Å². The summed E-state index contributed by atoms with van der Waals surface area (Å²) in [6, 6.07) is 0.445. The lowest BCUT2D eigenvalue weighted by Gasteiger charge is -2.55. The number of rotatable bonds is 5. The Morgan fingerprint density at radius 1 is 1.20 bits per heavy atom. The summed E-state index contributed by atoms with van der Waals surface area (Å²) in [6.45, 7) is 8.85. The van der Waals surface area contributed by atoms with Gasteiger partial charge in [0, 0.05) is 57.2 Å². The van der Waals surface area contributed by atoms with E-state index in [1.807, 2.05) is 6.92 Å². The van der Waals surface area contributed by atoms with E-state index < -0.39 is 0 Å². The highest BCUT2D eigenvalue weighted by atomic mass is 16.6. The van der Waals surface area contributed by atoms with Crippen molar-refractivity contribution in [2.75, 3.05) is 46.9 Å². The van der Waals surface area contributed by atoms with Crippen LogP contribution in [0.4, 0.5) is 4.79 Å². The van der Waals surface area contributed by atoms with Crippen LogP contribution in [-0.2, 0) is 14.3 Å². The molecular formula is C21H37N5O4. The fourth-order valence-corrected chi connectivity index (χ4v) is 4.80. The van der Waals surface area contributed by atoms with E-state index in [9.17, 15) is 9.59 Å². The minimum Gasteiger partial charge on any atom is -0.450 e. The Hall–Kier alpha value is -2.03. The van der Waals surface area contributed by atoms with Gasteiger partial charge in [-0.05, 0) is 26.2 Å². The van der Waals surface area contributed by atoms with Crippen molar-refractivity contribution in [3.63, 3.8) is 0 Å². The van der Waals surface area contributed by atoms with Gasteiger partial charge in [0.05, 0.1) is 12.7 Å². The van der Waals surface area contributed by atoms with Crippen LogP contribution in [0.5, 0.6) is 0 Å². The number of piperidine rings is 1. The first-order chi connectivity index (χ1) is 14.2. The lowest BCUT2D eigenvalue weighted by Crippen LogP contribution is -2.68. The number of likely N-dealkylation sites (tertiary alicyclic amines) is 1. The quantitative estimate of drug-likeness (QED) is 0.507.